The van der Waals surface area contributed by atoms with Crippen LogP contribution in [0.2, 0.25) is 0 Å². The van der Waals surface area contributed by atoms with Crippen LogP contribution < -0.4 is 0 Å². The Bertz CT molecular complexity index is 24.3. The van der Waals surface area contributed by atoms with E-state index < -0.39 is 0 Å². The van der Waals surface area contributed by atoms with E-state index in [2.05, 4.69) is 33.4 Å². The van der Waals surface area contributed by atoms with Crippen molar-refractivity contribution in [2.75, 3.05) is 5.75 Å². The molecule has 1 heteroatoms. The first kappa shape index (κ1) is 23.3. The average Bonchev–Trinajstić information content (AvgIpc) is 2.25. The Morgan fingerprint density at radius 1 is 0.692 bits per heavy atom. The van der Waals surface area contributed by atoms with E-state index in [9.17, 15) is 0 Å². The quantitative estimate of drug-likeness (QED) is 0.575. The first-order valence-electron chi connectivity index (χ1n) is 5.94. The summed E-state index contributed by atoms with van der Waals surface area (Å²) >= 11 is 4.00. The summed E-state index contributed by atoms with van der Waals surface area (Å²) in [5.74, 6) is 1.04. The topological polar surface area (TPSA) is 0 Å². The van der Waals surface area contributed by atoms with Crippen molar-refractivity contribution in [2.45, 2.75) is 74.1 Å². The largest absolute Gasteiger partial charge is 0.179 e. The maximum atomic E-state index is 4.00. The van der Waals surface area contributed by atoms with E-state index in [-0.39, 0.29) is 0 Å². The standard InChI is InChI=1S/C4H10S.C4H10.2C2H6/c1-2-3-4-5;1-3-4-2;2*1-2/h5H,2-4H2,1H3;3-4H2,1-2H3;2*1-2H3. The minimum Gasteiger partial charge on any atom is -0.179 e. The van der Waals surface area contributed by atoms with Gasteiger partial charge in [-0.05, 0) is 12.2 Å². The van der Waals surface area contributed by atoms with Crippen molar-refractivity contribution in [2.24, 2.45) is 0 Å². The van der Waals surface area contributed by atoms with Gasteiger partial charge in [0.2, 0.25) is 0 Å². The molecule has 0 aliphatic rings. The Labute approximate surface area is 92.9 Å². The van der Waals surface area contributed by atoms with Gasteiger partial charge in [-0.2, -0.15) is 12.6 Å². The molecule has 0 nitrogen and oxygen atoms in total. The van der Waals surface area contributed by atoms with Crippen LogP contribution in [0.4, 0.5) is 0 Å². The second-order valence-electron chi connectivity index (χ2n) is 2.08. The minimum atomic E-state index is 1.04. The number of thiol groups is 1. The Kier molecular flexibility index (Phi) is 99.6. The van der Waals surface area contributed by atoms with Crippen molar-refractivity contribution in [3.63, 3.8) is 0 Å². The zero-order chi connectivity index (χ0) is 11.5. The van der Waals surface area contributed by atoms with E-state index in [0.29, 0.717) is 0 Å². The second-order valence-corrected chi connectivity index (χ2v) is 2.52. The van der Waals surface area contributed by atoms with E-state index in [0.717, 1.165) is 5.75 Å². The molecule has 0 heterocycles. The molecular formula is C12H32S. The van der Waals surface area contributed by atoms with Crippen molar-refractivity contribution in [1.82, 2.24) is 0 Å². The van der Waals surface area contributed by atoms with E-state index in [1.165, 1.54) is 25.7 Å². The van der Waals surface area contributed by atoms with Gasteiger partial charge in [-0.25, -0.2) is 0 Å². The van der Waals surface area contributed by atoms with Gasteiger partial charge in [-0.3, -0.25) is 0 Å². The monoisotopic (exact) mass is 208 g/mol. The lowest BCUT2D eigenvalue weighted by molar-refractivity contribution is 0.886. The summed E-state index contributed by atoms with van der Waals surface area (Å²) in [4.78, 5) is 0. The molecule has 86 valence electrons. The van der Waals surface area contributed by atoms with Gasteiger partial charge in [0.15, 0.2) is 0 Å². The van der Waals surface area contributed by atoms with Crippen LogP contribution in [0.5, 0.6) is 0 Å². The SMILES string of the molecule is CC.CC.CCCC.CCCCS. The molecule has 0 radical (unpaired) electrons. The van der Waals surface area contributed by atoms with E-state index in [1.807, 2.05) is 27.7 Å². The number of hydrogen-bond acceptors (Lipinski definition) is 1. The van der Waals surface area contributed by atoms with Crippen LogP contribution in [0.15, 0.2) is 0 Å². The van der Waals surface area contributed by atoms with E-state index in [4.69, 9.17) is 0 Å². The lowest BCUT2D eigenvalue weighted by Crippen LogP contribution is -1.65. The molecule has 0 aliphatic heterocycles. The summed E-state index contributed by atoms with van der Waals surface area (Å²) in [5.41, 5.74) is 0. The van der Waals surface area contributed by atoms with Crippen LogP contribution >= 0.6 is 12.6 Å². The summed E-state index contributed by atoms with van der Waals surface area (Å²) in [6.07, 6.45) is 5.16. The molecule has 0 aliphatic carbocycles. The van der Waals surface area contributed by atoms with Gasteiger partial charge in [-0.15, -0.1) is 0 Å². The van der Waals surface area contributed by atoms with Crippen molar-refractivity contribution < 1.29 is 0 Å². The third kappa shape index (κ3) is 118. The molecule has 13 heavy (non-hydrogen) atoms. The van der Waals surface area contributed by atoms with Gasteiger partial charge >= 0.3 is 0 Å². The second kappa shape index (κ2) is 55.6. The molecule has 0 bridgehead atoms. The van der Waals surface area contributed by atoms with Crippen LogP contribution in [0.3, 0.4) is 0 Å². The number of rotatable bonds is 3. The highest BCUT2D eigenvalue weighted by Crippen LogP contribution is 1.85. The summed E-state index contributed by atoms with van der Waals surface area (Å²) in [6, 6.07) is 0. The maximum Gasteiger partial charge on any atom is -0.00980 e. The fourth-order valence-electron chi connectivity index (χ4n) is 0.158. The molecule has 0 aromatic rings. The Morgan fingerprint density at radius 3 is 1.00 bits per heavy atom. The van der Waals surface area contributed by atoms with Crippen LogP contribution in [-0.4, -0.2) is 5.75 Å². The highest BCUT2D eigenvalue weighted by Gasteiger charge is 1.68. The van der Waals surface area contributed by atoms with Gasteiger partial charge in [0.1, 0.15) is 0 Å². The van der Waals surface area contributed by atoms with Crippen LogP contribution in [0.25, 0.3) is 0 Å². The molecule has 0 aromatic carbocycles. The summed E-state index contributed by atoms with van der Waals surface area (Å²) in [5, 5.41) is 0. The molecule has 0 unspecified atom stereocenters. The van der Waals surface area contributed by atoms with E-state index >= 15 is 0 Å². The Balaban J connectivity index is -0.0000000457. The third-order valence-corrected chi connectivity index (χ3v) is 1.33. The average molecular weight is 208 g/mol. The van der Waals surface area contributed by atoms with Gasteiger partial charge in [-0.1, -0.05) is 67.7 Å². The van der Waals surface area contributed by atoms with Crippen molar-refractivity contribution in [3.8, 4) is 0 Å². The Hall–Kier alpha value is 0.350. The number of unbranched alkanes of at least 4 members (excludes halogenated alkanes) is 2. The van der Waals surface area contributed by atoms with Crippen LogP contribution in [-0.2, 0) is 0 Å². The first-order chi connectivity index (χ1) is 6.33. The molecule has 0 fully saturated rings. The molecule has 0 rings (SSSR count). The molecule has 0 aromatic heterocycles. The van der Waals surface area contributed by atoms with Gasteiger partial charge in [0, 0.05) is 0 Å². The molecule has 0 N–H and O–H groups in total. The fourth-order valence-corrected chi connectivity index (χ4v) is 0.474. The van der Waals surface area contributed by atoms with Gasteiger partial charge in [0.25, 0.3) is 0 Å². The predicted octanol–water partition coefficient (Wildman–Crippen LogP) is 5.58. The van der Waals surface area contributed by atoms with Crippen molar-refractivity contribution in [1.29, 1.82) is 0 Å². The fraction of sp³-hybridized carbons (Fsp3) is 1.00. The Morgan fingerprint density at radius 2 is 1.00 bits per heavy atom. The highest BCUT2D eigenvalue weighted by molar-refractivity contribution is 7.80. The number of hydrogen-bond donors (Lipinski definition) is 1. The third-order valence-electron chi connectivity index (χ3n) is 1.01. The zero-order valence-corrected chi connectivity index (χ0v) is 11.9. The molecular weight excluding hydrogens is 176 g/mol. The van der Waals surface area contributed by atoms with Gasteiger partial charge < -0.3 is 0 Å². The van der Waals surface area contributed by atoms with Crippen LogP contribution in [0.1, 0.15) is 74.1 Å². The van der Waals surface area contributed by atoms with E-state index in [1.54, 1.807) is 0 Å². The molecule has 0 spiro atoms. The predicted molar refractivity (Wildman–Crippen MR) is 72.0 cm³/mol. The molecule has 0 amide bonds. The molecule has 0 saturated carbocycles. The zero-order valence-electron chi connectivity index (χ0n) is 11.0. The summed E-state index contributed by atoms with van der Waals surface area (Å²) < 4.78 is 0. The van der Waals surface area contributed by atoms with Crippen molar-refractivity contribution in [3.05, 3.63) is 0 Å². The van der Waals surface area contributed by atoms with Crippen molar-refractivity contribution >= 4 is 12.6 Å². The summed E-state index contributed by atoms with van der Waals surface area (Å²) in [7, 11) is 0. The minimum absolute atomic E-state index is 1.04. The normalized spacial score (nSPS) is 6.46. The summed E-state index contributed by atoms with van der Waals surface area (Å²) in [6.45, 7) is 14.5. The van der Waals surface area contributed by atoms with Gasteiger partial charge in [0.05, 0.1) is 0 Å². The lowest BCUT2D eigenvalue weighted by atomic mass is 10.4. The first-order valence-corrected chi connectivity index (χ1v) is 6.57. The molecule has 0 saturated heterocycles. The smallest absolute Gasteiger partial charge is 0.00980 e. The molecule has 0 atom stereocenters. The highest BCUT2D eigenvalue weighted by atomic mass is 32.1. The maximum absolute atomic E-state index is 4.00. The van der Waals surface area contributed by atoms with Crippen LogP contribution in [0, 0.1) is 0 Å². The lowest BCUT2D eigenvalue weighted by Gasteiger charge is -1.78.